The van der Waals surface area contributed by atoms with Crippen molar-refractivity contribution in [3.05, 3.63) is 84.4 Å². The van der Waals surface area contributed by atoms with Gasteiger partial charge in [0.05, 0.1) is 20.8 Å². The van der Waals surface area contributed by atoms with E-state index in [9.17, 15) is 4.79 Å². The highest BCUT2D eigenvalue weighted by Crippen LogP contribution is 2.26. The molecule has 5 heteroatoms. The van der Waals surface area contributed by atoms with E-state index in [1.807, 2.05) is 66.7 Å². The van der Waals surface area contributed by atoms with Gasteiger partial charge in [-0.1, -0.05) is 42.5 Å². The summed E-state index contributed by atoms with van der Waals surface area (Å²) in [6, 6.07) is 24.5. The van der Waals surface area contributed by atoms with E-state index in [2.05, 4.69) is 0 Å². The quantitative estimate of drug-likeness (QED) is 0.587. The lowest BCUT2D eigenvalue weighted by Gasteiger charge is -2.23. The van der Waals surface area contributed by atoms with Crippen LogP contribution in [0, 0.1) is 0 Å². The van der Waals surface area contributed by atoms with Crippen LogP contribution < -0.4 is 19.1 Å². The molecule has 0 aliphatic heterocycles. The number of benzene rings is 3. The zero-order chi connectivity index (χ0) is 19.8. The third-order valence-corrected chi connectivity index (χ3v) is 4.29. The molecule has 0 unspecified atom stereocenters. The van der Waals surface area contributed by atoms with Crippen LogP contribution in [0.4, 0.5) is 5.69 Å². The Morgan fingerprint density at radius 2 is 1.43 bits per heavy atom. The highest BCUT2D eigenvalue weighted by atomic mass is 16.5. The maximum Gasteiger partial charge on any atom is 0.265 e. The molecule has 0 bridgehead atoms. The van der Waals surface area contributed by atoms with Gasteiger partial charge in [-0.25, -0.2) is 0 Å². The van der Waals surface area contributed by atoms with Gasteiger partial charge < -0.3 is 19.1 Å². The maximum absolute atomic E-state index is 13.0. The largest absolute Gasteiger partial charge is 0.497 e. The van der Waals surface area contributed by atoms with Crippen molar-refractivity contribution in [3.63, 3.8) is 0 Å². The summed E-state index contributed by atoms with van der Waals surface area (Å²) in [6.45, 7) is 0.348. The number of methoxy groups -OCH3 is 2. The van der Waals surface area contributed by atoms with E-state index in [1.165, 1.54) is 0 Å². The van der Waals surface area contributed by atoms with Gasteiger partial charge in [0.2, 0.25) is 0 Å². The van der Waals surface area contributed by atoms with Crippen molar-refractivity contribution in [2.45, 2.75) is 6.54 Å². The zero-order valence-electron chi connectivity index (χ0n) is 16.0. The van der Waals surface area contributed by atoms with Gasteiger partial charge in [-0.2, -0.15) is 0 Å². The second kappa shape index (κ2) is 9.46. The highest BCUT2D eigenvalue weighted by molar-refractivity contribution is 5.94. The Balaban J connectivity index is 1.79. The van der Waals surface area contributed by atoms with Crippen molar-refractivity contribution < 1.29 is 19.0 Å². The number of para-hydroxylation sites is 2. The summed E-state index contributed by atoms with van der Waals surface area (Å²) in [6.07, 6.45) is 0. The lowest BCUT2D eigenvalue weighted by atomic mass is 10.2. The summed E-state index contributed by atoms with van der Waals surface area (Å²) in [5.74, 6) is 1.71. The second-order valence-electron chi connectivity index (χ2n) is 6.10. The van der Waals surface area contributed by atoms with Crippen LogP contribution in [-0.4, -0.2) is 26.7 Å². The molecule has 0 saturated carbocycles. The summed E-state index contributed by atoms with van der Waals surface area (Å²) < 4.78 is 16.2. The molecule has 28 heavy (non-hydrogen) atoms. The lowest BCUT2D eigenvalue weighted by molar-refractivity contribution is -0.120. The van der Waals surface area contributed by atoms with Crippen LogP contribution in [0.5, 0.6) is 17.2 Å². The van der Waals surface area contributed by atoms with E-state index in [-0.39, 0.29) is 12.5 Å². The topological polar surface area (TPSA) is 48.0 Å². The van der Waals surface area contributed by atoms with E-state index in [0.717, 1.165) is 17.0 Å². The van der Waals surface area contributed by atoms with Crippen molar-refractivity contribution in [2.24, 2.45) is 0 Å². The molecule has 3 aromatic rings. The standard InChI is InChI=1S/C23H23NO4/c1-26-20-14-12-19(13-15-20)24(16-18-8-4-3-5-9-18)23(25)17-28-22-11-7-6-10-21(22)27-2/h3-15H,16-17H2,1-2H3. The van der Waals surface area contributed by atoms with E-state index in [1.54, 1.807) is 31.3 Å². The van der Waals surface area contributed by atoms with E-state index in [4.69, 9.17) is 14.2 Å². The number of ether oxygens (including phenoxy) is 3. The minimum Gasteiger partial charge on any atom is -0.497 e. The van der Waals surface area contributed by atoms with Crippen LogP contribution in [0.15, 0.2) is 78.9 Å². The summed E-state index contributed by atoms with van der Waals surface area (Å²) in [7, 11) is 3.19. The van der Waals surface area contributed by atoms with Gasteiger partial charge in [-0.3, -0.25) is 4.79 Å². The second-order valence-corrected chi connectivity index (χ2v) is 6.10. The van der Waals surface area contributed by atoms with Gasteiger partial charge in [0.1, 0.15) is 5.75 Å². The van der Waals surface area contributed by atoms with Crippen LogP contribution in [0.3, 0.4) is 0 Å². The molecule has 3 aromatic carbocycles. The normalized spacial score (nSPS) is 10.2. The van der Waals surface area contributed by atoms with Crippen molar-refractivity contribution in [1.82, 2.24) is 0 Å². The summed E-state index contributed by atoms with van der Waals surface area (Å²) >= 11 is 0. The first-order chi connectivity index (χ1) is 13.7. The van der Waals surface area contributed by atoms with Crippen molar-refractivity contribution in [2.75, 3.05) is 25.7 Å². The minimum atomic E-state index is -0.153. The minimum absolute atomic E-state index is 0.0980. The van der Waals surface area contributed by atoms with Crippen LogP contribution >= 0.6 is 0 Å². The number of rotatable bonds is 8. The molecule has 0 aliphatic rings. The molecular weight excluding hydrogens is 354 g/mol. The Kier molecular flexibility index (Phi) is 6.52. The number of amides is 1. The average Bonchev–Trinajstić information content (AvgIpc) is 2.77. The number of nitrogens with zero attached hydrogens (tertiary/aromatic N) is 1. The predicted molar refractivity (Wildman–Crippen MR) is 109 cm³/mol. The van der Waals surface area contributed by atoms with Crippen molar-refractivity contribution in [3.8, 4) is 17.2 Å². The molecule has 0 aromatic heterocycles. The Bertz CT molecular complexity index is 894. The molecular formula is C23H23NO4. The fourth-order valence-electron chi connectivity index (χ4n) is 2.81. The summed E-state index contributed by atoms with van der Waals surface area (Å²) in [5, 5.41) is 0. The van der Waals surface area contributed by atoms with Crippen LogP contribution in [-0.2, 0) is 11.3 Å². The highest BCUT2D eigenvalue weighted by Gasteiger charge is 2.18. The Morgan fingerprint density at radius 1 is 0.786 bits per heavy atom. The number of anilines is 1. The molecule has 3 rings (SSSR count). The number of carbonyl (C=O) groups is 1. The number of hydrogen-bond acceptors (Lipinski definition) is 4. The van der Waals surface area contributed by atoms with Gasteiger partial charge in [-0.05, 0) is 42.0 Å². The molecule has 0 heterocycles. The summed E-state index contributed by atoms with van der Waals surface area (Å²) in [5.41, 5.74) is 1.81. The van der Waals surface area contributed by atoms with Crippen molar-refractivity contribution >= 4 is 11.6 Å². The lowest BCUT2D eigenvalue weighted by Crippen LogP contribution is -2.34. The van der Waals surface area contributed by atoms with Gasteiger partial charge in [0, 0.05) is 5.69 Å². The molecule has 0 saturated heterocycles. The first-order valence-electron chi connectivity index (χ1n) is 8.95. The third-order valence-electron chi connectivity index (χ3n) is 4.29. The van der Waals surface area contributed by atoms with E-state index in [0.29, 0.717) is 18.0 Å². The monoisotopic (exact) mass is 377 g/mol. The third kappa shape index (κ3) is 4.82. The fourth-order valence-corrected chi connectivity index (χ4v) is 2.81. The Labute approximate surface area is 165 Å². The van der Waals surface area contributed by atoms with Crippen LogP contribution in [0.1, 0.15) is 5.56 Å². The zero-order valence-corrected chi connectivity index (χ0v) is 16.0. The SMILES string of the molecule is COc1ccc(N(Cc2ccccc2)C(=O)COc2ccccc2OC)cc1. The predicted octanol–water partition coefficient (Wildman–Crippen LogP) is 4.32. The molecule has 1 amide bonds. The first-order valence-corrected chi connectivity index (χ1v) is 8.95. The van der Waals surface area contributed by atoms with Crippen LogP contribution in [0.2, 0.25) is 0 Å². The van der Waals surface area contributed by atoms with E-state index < -0.39 is 0 Å². The molecule has 0 fully saturated rings. The molecule has 0 aliphatic carbocycles. The Hall–Kier alpha value is -3.47. The molecule has 5 nitrogen and oxygen atoms in total. The molecule has 0 radical (unpaired) electrons. The molecule has 0 N–H and O–H groups in total. The molecule has 144 valence electrons. The smallest absolute Gasteiger partial charge is 0.265 e. The maximum atomic E-state index is 13.0. The van der Waals surface area contributed by atoms with Gasteiger partial charge in [-0.15, -0.1) is 0 Å². The van der Waals surface area contributed by atoms with Gasteiger partial charge >= 0.3 is 0 Å². The average molecular weight is 377 g/mol. The number of hydrogen-bond donors (Lipinski definition) is 0. The number of carbonyl (C=O) groups excluding carboxylic acids is 1. The summed E-state index contributed by atoms with van der Waals surface area (Å²) in [4.78, 5) is 14.7. The van der Waals surface area contributed by atoms with Gasteiger partial charge in [0.15, 0.2) is 18.1 Å². The molecule has 0 spiro atoms. The Morgan fingerprint density at radius 3 is 2.07 bits per heavy atom. The van der Waals surface area contributed by atoms with Crippen LogP contribution in [0.25, 0.3) is 0 Å². The fraction of sp³-hybridized carbons (Fsp3) is 0.174. The van der Waals surface area contributed by atoms with Gasteiger partial charge in [0.25, 0.3) is 5.91 Å². The first kappa shape index (κ1) is 19.3. The molecule has 0 atom stereocenters. The van der Waals surface area contributed by atoms with Crippen molar-refractivity contribution in [1.29, 1.82) is 0 Å². The van der Waals surface area contributed by atoms with E-state index >= 15 is 0 Å².